The van der Waals surface area contributed by atoms with Gasteiger partial charge in [-0.25, -0.2) is 14.3 Å². The Morgan fingerprint density at radius 3 is 2.79 bits per heavy atom. The SMILES string of the molecule is CCCCOC(=O)NCCC(O)c1cnn2c1N(C(=O)OC(C)(C)C)CCC2. The molecule has 1 aromatic heterocycles. The number of rotatable bonds is 7. The average molecular weight is 396 g/mol. The number of ether oxygens (including phenoxy) is 2. The number of amides is 2. The van der Waals surface area contributed by atoms with Gasteiger partial charge in [-0.2, -0.15) is 5.10 Å². The summed E-state index contributed by atoms with van der Waals surface area (Å²) in [5.74, 6) is 0.554. The van der Waals surface area contributed by atoms with Crippen molar-refractivity contribution in [3.63, 3.8) is 0 Å². The van der Waals surface area contributed by atoms with E-state index in [2.05, 4.69) is 10.4 Å². The molecule has 1 aliphatic heterocycles. The van der Waals surface area contributed by atoms with Crippen LogP contribution in [0.3, 0.4) is 0 Å². The molecule has 2 rings (SSSR count). The van der Waals surface area contributed by atoms with E-state index in [1.54, 1.807) is 10.9 Å². The van der Waals surface area contributed by atoms with Crippen molar-refractivity contribution >= 4 is 18.0 Å². The lowest BCUT2D eigenvalue weighted by Gasteiger charge is -2.31. The number of alkyl carbamates (subject to hydrolysis) is 1. The molecule has 2 heterocycles. The Hall–Kier alpha value is -2.29. The van der Waals surface area contributed by atoms with Crippen LogP contribution in [-0.4, -0.2) is 52.4 Å². The lowest BCUT2D eigenvalue weighted by molar-refractivity contribution is 0.0571. The maximum atomic E-state index is 12.6. The first kappa shape index (κ1) is 22.0. The van der Waals surface area contributed by atoms with Gasteiger partial charge in [0, 0.05) is 25.2 Å². The molecule has 1 unspecified atom stereocenters. The van der Waals surface area contributed by atoms with Crippen molar-refractivity contribution in [2.75, 3.05) is 24.6 Å². The van der Waals surface area contributed by atoms with E-state index < -0.39 is 23.9 Å². The summed E-state index contributed by atoms with van der Waals surface area (Å²) in [6, 6.07) is 0. The number of hydrogen-bond donors (Lipinski definition) is 2. The smallest absolute Gasteiger partial charge is 0.416 e. The van der Waals surface area contributed by atoms with Crippen LogP contribution in [0.1, 0.15) is 65.0 Å². The summed E-state index contributed by atoms with van der Waals surface area (Å²) in [7, 11) is 0. The fourth-order valence-electron chi connectivity index (χ4n) is 2.89. The Kier molecular flexibility index (Phi) is 7.68. The van der Waals surface area contributed by atoms with Crippen molar-refractivity contribution in [2.45, 2.75) is 71.6 Å². The molecule has 0 saturated heterocycles. The number of aliphatic hydroxyl groups is 1. The summed E-state index contributed by atoms with van der Waals surface area (Å²) >= 11 is 0. The van der Waals surface area contributed by atoms with Crippen LogP contribution in [0, 0.1) is 0 Å². The van der Waals surface area contributed by atoms with Gasteiger partial charge in [-0.1, -0.05) is 13.3 Å². The van der Waals surface area contributed by atoms with Gasteiger partial charge in [0.25, 0.3) is 0 Å². The van der Waals surface area contributed by atoms with E-state index in [0.717, 1.165) is 19.3 Å². The Morgan fingerprint density at radius 1 is 1.36 bits per heavy atom. The molecule has 0 fully saturated rings. The molecule has 9 nitrogen and oxygen atoms in total. The van der Waals surface area contributed by atoms with Crippen LogP contribution < -0.4 is 10.2 Å². The van der Waals surface area contributed by atoms with Crippen molar-refractivity contribution in [3.05, 3.63) is 11.8 Å². The molecule has 2 amide bonds. The fraction of sp³-hybridized carbons (Fsp3) is 0.737. The molecule has 0 radical (unpaired) electrons. The second kappa shape index (κ2) is 9.77. The monoisotopic (exact) mass is 396 g/mol. The van der Waals surface area contributed by atoms with E-state index in [9.17, 15) is 14.7 Å². The van der Waals surface area contributed by atoms with Crippen molar-refractivity contribution in [1.82, 2.24) is 15.1 Å². The molecule has 1 aliphatic rings. The van der Waals surface area contributed by atoms with Crippen LogP contribution in [0.5, 0.6) is 0 Å². The second-order valence-corrected chi connectivity index (χ2v) is 7.85. The van der Waals surface area contributed by atoms with Gasteiger partial charge in [0.05, 0.1) is 18.9 Å². The molecule has 0 saturated carbocycles. The van der Waals surface area contributed by atoms with Gasteiger partial charge in [-0.3, -0.25) is 4.90 Å². The van der Waals surface area contributed by atoms with Crippen molar-refractivity contribution in [2.24, 2.45) is 0 Å². The zero-order valence-electron chi connectivity index (χ0n) is 17.2. The highest BCUT2D eigenvalue weighted by molar-refractivity contribution is 5.88. The quantitative estimate of drug-likeness (QED) is 0.687. The number of fused-ring (bicyclic) bond motifs is 1. The summed E-state index contributed by atoms with van der Waals surface area (Å²) in [5.41, 5.74) is -0.0630. The largest absolute Gasteiger partial charge is 0.450 e. The number of anilines is 1. The summed E-state index contributed by atoms with van der Waals surface area (Å²) < 4.78 is 12.2. The number of unbranched alkanes of at least 4 members (excludes halogenated alkanes) is 1. The van der Waals surface area contributed by atoms with E-state index >= 15 is 0 Å². The van der Waals surface area contributed by atoms with E-state index in [1.807, 2.05) is 27.7 Å². The van der Waals surface area contributed by atoms with Gasteiger partial charge in [0.15, 0.2) is 0 Å². The third-order valence-corrected chi connectivity index (χ3v) is 4.24. The maximum absolute atomic E-state index is 12.6. The fourth-order valence-corrected chi connectivity index (χ4v) is 2.89. The Balaban J connectivity index is 1.98. The van der Waals surface area contributed by atoms with Crippen molar-refractivity contribution < 1.29 is 24.2 Å². The first-order chi connectivity index (χ1) is 13.2. The van der Waals surface area contributed by atoms with Crippen molar-refractivity contribution in [1.29, 1.82) is 0 Å². The summed E-state index contributed by atoms with van der Waals surface area (Å²) in [4.78, 5) is 25.7. The minimum Gasteiger partial charge on any atom is -0.450 e. The number of aliphatic hydroxyl groups excluding tert-OH is 1. The third-order valence-electron chi connectivity index (χ3n) is 4.24. The van der Waals surface area contributed by atoms with Gasteiger partial charge in [-0.15, -0.1) is 0 Å². The normalized spacial score (nSPS) is 15.0. The molecule has 0 aliphatic carbocycles. The number of nitrogens with one attached hydrogen (secondary N) is 1. The molecule has 158 valence electrons. The molecule has 0 spiro atoms. The Labute approximate surface area is 166 Å². The van der Waals surface area contributed by atoms with Crippen LogP contribution in [0.25, 0.3) is 0 Å². The predicted octanol–water partition coefficient (Wildman–Crippen LogP) is 2.98. The molecule has 28 heavy (non-hydrogen) atoms. The van der Waals surface area contributed by atoms with Gasteiger partial charge in [0.2, 0.25) is 0 Å². The summed E-state index contributed by atoms with van der Waals surface area (Å²) in [6.45, 7) is 9.26. The van der Waals surface area contributed by atoms with Gasteiger partial charge >= 0.3 is 12.2 Å². The van der Waals surface area contributed by atoms with E-state index in [1.165, 1.54) is 4.90 Å². The zero-order valence-corrected chi connectivity index (χ0v) is 17.2. The van der Waals surface area contributed by atoms with Gasteiger partial charge in [0.1, 0.15) is 11.4 Å². The highest BCUT2D eigenvalue weighted by atomic mass is 16.6. The lowest BCUT2D eigenvalue weighted by atomic mass is 10.1. The standard InChI is InChI=1S/C19H32N4O5/c1-5-6-12-27-17(25)20-9-8-15(24)14-13-21-23-11-7-10-22(16(14)23)18(26)28-19(2,3)4/h13,15,24H,5-12H2,1-4H3,(H,20,25). The highest BCUT2D eigenvalue weighted by Crippen LogP contribution is 2.32. The topological polar surface area (TPSA) is 106 Å². The maximum Gasteiger partial charge on any atom is 0.416 e. The van der Waals surface area contributed by atoms with E-state index in [4.69, 9.17) is 9.47 Å². The molecule has 1 aromatic rings. The number of hydrogen-bond acceptors (Lipinski definition) is 6. The third kappa shape index (κ3) is 6.12. The number of aryl methyl sites for hydroxylation is 1. The van der Waals surface area contributed by atoms with Gasteiger partial charge < -0.3 is 19.9 Å². The molecule has 0 aromatic carbocycles. The molecule has 1 atom stereocenters. The highest BCUT2D eigenvalue weighted by Gasteiger charge is 2.32. The van der Waals surface area contributed by atoms with Crippen LogP contribution in [0.2, 0.25) is 0 Å². The Bertz CT molecular complexity index is 668. The van der Waals surface area contributed by atoms with Crippen molar-refractivity contribution in [3.8, 4) is 0 Å². The number of carbonyl (C=O) groups is 2. The first-order valence-electron chi connectivity index (χ1n) is 9.88. The molecular formula is C19H32N4O5. The summed E-state index contributed by atoms with van der Waals surface area (Å²) in [5, 5.41) is 17.5. The molecule has 2 N–H and O–H groups in total. The minimum atomic E-state index is -0.872. The van der Waals surface area contributed by atoms with E-state index in [-0.39, 0.29) is 13.0 Å². The number of carbonyl (C=O) groups excluding carboxylic acids is 2. The minimum absolute atomic E-state index is 0.253. The van der Waals surface area contributed by atoms with Crippen LogP contribution in [-0.2, 0) is 16.0 Å². The second-order valence-electron chi connectivity index (χ2n) is 7.85. The van der Waals surface area contributed by atoms with E-state index in [0.29, 0.717) is 31.1 Å². The summed E-state index contributed by atoms with van der Waals surface area (Å²) in [6.07, 6.45) is 2.56. The average Bonchev–Trinajstić information content (AvgIpc) is 3.04. The number of aromatic nitrogens is 2. The molecule has 9 heteroatoms. The number of nitrogens with zero attached hydrogens (tertiary/aromatic N) is 3. The molecular weight excluding hydrogens is 364 g/mol. The van der Waals surface area contributed by atoms with Crippen LogP contribution in [0.4, 0.5) is 15.4 Å². The van der Waals surface area contributed by atoms with Crippen LogP contribution in [0.15, 0.2) is 6.20 Å². The zero-order chi connectivity index (χ0) is 20.7. The van der Waals surface area contributed by atoms with Crippen LogP contribution >= 0.6 is 0 Å². The lowest BCUT2D eigenvalue weighted by Crippen LogP contribution is -2.41. The predicted molar refractivity (Wildman–Crippen MR) is 104 cm³/mol. The van der Waals surface area contributed by atoms with Gasteiger partial charge in [-0.05, 0) is 40.0 Å². The Morgan fingerprint density at radius 2 is 2.11 bits per heavy atom. The molecule has 0 bridgehead atoms. The first-order valence-corrected chi connectivity index (χ1v) is 9.88.